The van der Waals surface area contributed by atoms with Gasteiger partial charge in [-0.2, -0.15) is 0 Å². The molecule has 0 bridgehead atoms. The number of nitrogens with one attached hydrogen (secondary N) is 2. The van der Waals surface area contributed by atoms with Crippen molar-refractivity contribution in [2.75, 3.05) is 31.1 Å². The Morgan fingerprint density at radius 2 is 1.65 bits per heavy atom. The van der Waals surface area contributed by atoms with Crippen molar-refractivity contribution in [1.82, 2.24) is 10.6 Å². The summed E-state index contributed by atoms with van der Waals surface area (Å²) in [6.45, 7) is 3.55. The van der Waals surface area contributed by atoms with Gasteiger partial charge in [-0.05, 0) is 56.6 Å². The van der Waals surface area contributed by atoms with E-state index in [4.69, 9.17) is 0 Å². The lowest BCUT2D eigenvalue weighted by Gasteiger charge is -2.32. The highest BCUT2D eigenvalue weighted by molar-refractivity contribution is 7.99. The van der Waals surface area contributed by atoms with E-state index in [1.165, 1.54) is 21.2 Å². The Morgan fingerprint density at radius 1 is 1.04 bits per heavy atom. The Balaban J connectivity index is 1.38. The molecule has 0 aromatic heterocycles. The van der Waals surface area contributed by atoms with Crippen molar-refractivity contribution >= 4 is 29.0 Å². The zero-order valence-electron chi connectivity index (χ0n) is 14.9. The number of carbonyl (C=O) groups is 1. The third-order valence-electron chi connectivity index (χ3n) is 5.10. The summed E-state index contributed by atoms with van der Waals surface area (Å²) in [6, 6.07) is 17.1. The van der Waals surface area contributed by atoms with Gasteiger partial charge in [0.1, 0.15) is 0 Å². The summed E-state index contributed by atoms with van der Waals surface area (Å²) in [6.07, 6.45) is 2.84. The topological polar surface area (TPSA) is 44.4 Å². The molecule has 4 rings (SSSR count). The van der Waals surface area contributed by atoms with Crippen molar-refractivity contribution in [3.05, 3.63) is 48.5 Å². The Bertz CT molecular complexity index is 728. The second kappa shape index (κ2) is 8.14. The van der Waals surface area contributed by atoms with E-state index in [-0.39, 0.29) is 11.8 Å². The normalized spacial score (nSPS) is 16.7. The minimum Gasteiger partial charge on any atom is -0.356 e. The van der Waals surface area contributed by atoms with E-state index >= 15 is 0 Å². The summed E-state index contributed by atoms with van der Waals surface area (Å²) < 4.78 is 0. The van der Waals surface area contributed by atoms with E-state index in [9.17, 15) is 4.79 Å². The average molecular weight is 368 g/mol. The molecule has 5 heteroatoms. The van der Waals surface area contributed by atoms with Gasteiger partial charge >= 0.3 is 0 Å². The SMILES string of the molecule is O=C(NCCCN1c2ccccc2Sc2ccccc21)C1CCNCC1. The average Bonchev–Trinajstić information content (AvgIpc) is 2.71. The van der Waals surface area contributed by atoms with Gasteiger partial charge in [0.2, 0.25) is 5.91 Å². The number of hydrogen-bond acceptors (Lipinski definition) is 4. The van der Waals surface area contributed by atoms with Gasteiger partial charge in [0.25, 0.3) is 0 Å². The predicted molar refractivity (Wildman–Crippen MR) is 107 cm³/mol. The lowest BCUT2D eigenvalue weighted by atomic mass is 9.97. The molecule has 0 atom stereocenters. The zero-order chi connectivity index (χ0) is 17.8. The Hall–Kier alpha value is -1.98. The molecule has 2 heterocycles. The Labute approximate surface area is 159 Å². The highest BCUT2D eigenvalue weighted by atomic mass is 32.2. The molecule has 2 aliphatic heterocycles. The number of para-hydroxylation sites is 2. The molecule has 1 amide bonds. The number of fused-ring (bicyclic) bond motifs is 2. The molecule has 0 saturated carbocycles. The second-order valence-corrected chi connectivity index (χ2v) is 7.94. The van der Waals surface area contributed by atoms with Crippen molar-refractivity contribution in [3.63, 3.8) is 0 Å². The molecule has 0 aliphatic carbocycles. The number of hydrogen-bond donors (Lipinski definition) is 2. The molecule has 0 radical (unpaired) electrons. The first-order valence-electron chi connectivity index (χ1n) is 9.45. The van der Waals surface area contributed by atoms with E-state index in [0.29, 0.717) is 0 Å². The maximum atomic E-state index is 12.3. The van der Waals surface area contributed by atoms with Crippen LogP contribution in [-0.4, -0.2) is 32.1 Å². The number of anilines is 2. The number of rotatable bonds is 5. The maximum absolute atomic E-state index is 12.3. The van der Waals surface area contributed by atoms with Crippen molar-refractivity contribution in [1.29, 1.82) is 0 Å². The lowest BCUT2D eigenvalue weighted by Crippen LogP contribution is -2.39. The van der Waals surface area contributed by atoms with E-state index in [0.717, 1.165) is 45.4 Å². The van der Waals surface area contributed by atoms with Gasteiger partial charge in [-0.3, -0.25) is 4.79 Å². The fourth-order valence-corrected chi connectivity index (χ4v) is 4.80. The van der Waals surface area contributed by atoms with Gasteiger partial charge < -0.3 is 15.5 Å². The number of amides is 1. The van der Waals surface area contributed by atoms with E-state index in [1.54, 1.807) is 0 Å². The second-order valence-electron chi connectivity index (χ2n) is 6.86. The molecular weight excluding hydrogens is 342 g/mol. The van der Waals surface area contributed by atoms with Crippen LogP contribution in [0.15, 0.2) is 58.3 Å². The summed E-state index contributed by atoms with van der Waals surface area (Å²) in [7, 11) is 0. The fourth-order valence-electron chi connectivity index (χ4n) is 3.70. The molecule has 1 saturated heterocycles. The van der Waals surface area contributed by atoms with Crippen LogP contribution >= 0.6 is 11.8 Å². The van der Waals surface area contributed by atoms with Crippen LogP contribution in [0.2, 0.25) is 0 Å². The lowest BCUT2D eigenvalue weighted by molar-refractivity contribution is -0.125. The van der Waals surface area contributed by atoms with Crippen LogP contribution in [0, 0.1) is 5.92 Å². The zero-order valence-corrected chi connectivity index (χ0v) is 15.7. The standard InChI is InChI=1S/C21H25N3OS/c25-21(16-10-13-22-14-11-16)23-12-5-15-24-17-6-1-3-8-19(17)26-20-9-4-2-7-18(20)24/h1-4,6-9,16,22H,5,10-15H2,(H,23,25). The predicted octanol–water partition coefficient (Wildman–Crippen LogP) is 3.80. The van der Waals surface area contributed by atoms with Gasteiger partial charge in [0.15, 0.2) is 0 Å². The van der Waals surface area contributed by atoms with Crippen LogP contribution in [0.4, 0.5) is 11.4 Å². The number of carbonyl (C=O) groups excluding carboxylic acids is 1. The van der Waals surface area contributed by atoms with E-state index in [1.807, 2.05) is 11.8 Å². The van der Waals surface area contributed by atoms with Crippen molar-refractivity contribution in [3.8, 4) is 0 Å². The van der Waals surface area contributed by atoms with Gasteiger partial charge in [0.05, 0.1) is 11.4 Å². The quantitative estimate of drug-likeness (QED) is 0.789. The molecule has 26 heavy (non-hydrogen) atoms. The number of benzene rings is 2. The van der Waals surface area contributed by atoms with Gasteiger partial charge in [-0.1, -0.05) is 36.0 Å². The Kier molecular flexibility index (Phi) is 5.46. The van der Waals surface area contributed by atoms with Gasteiger partial charge in [-0.25, -0.2) is 0 Å². The third-order valence-corrected chi connectivity index (χ3v) is 6.23. The number of nitrogens with zero attached hydrogens (tertiary/aromatic N) is 1. The first-order chi connectivity index (χ1) is 12.8. The summed E-state index contributed by atoms with van der Waals surface area (Å²) in [4.78, 5) is 17.3. The van der Waals surface area contributed by atoms with Crippen LogP contribution in [-0.2, 0) is 4.79 Å². The van der Waals surface area contributed by atoms with Crippen molar-refractivity contribution < 1.29 is 4.79 Å². The largest absolute Gasteiger partial charge is 0.356 e. The molecule has 2 aromatic carbocycles. The van der Waals surface area contributed by atoms with Gasteiger partial charge in [0, 0.05) is 28.8 Å². The summed E-state index contributed by atoms with van der Waals surface area (Å²) in [5.41, 5.74) is 2.53. The highest BCUT2D eigenvalue weighted by Gasteiger charge is 2.23. The minimum atomic E-state index is 0.184. The van der Waals surface area contributed by atoms with Crippen LogP contribution < -0.4 is 15.5 Å². The first kappa shape index (κ1) is 17.4. The first-order valence-corrected chi connectivity index (χ1v) is 10.3. The number of piperidine rings is 1. The molecule has 1 fully saturated rings. The summed E-state index contributed by atoms with van der Waals surface area (Å²) in [5.74, 6) is 0.408. The molecule has 2 aliphatic rings. The molecule has 136 valence electrons. The van der Waals surface area contributed by atoms with Crippen LogP contribution in [0.25, 0.3) is 0 Å². The molecular formula is C21H25N3OS. The van der Waals surface area contributed by atoms with Crippen molar-refractivity contribution in [2.24, 2.45) is 5.92 Å². The third kappa shape index (κ3) is 3.74. The van der Waals surface area contributed by atoms with Crippen LogP contribution in [0.5, 0.6) is 0 Å². The minimum absolute atomic E-state index is 0.184. The highest BCUT2D eigenvalue weighted by Crippen LogP contribution is 2.47. The van der Waals surface area contributed by atoms with E-state index in [2.05, 4.69) is 64.1 Å². The smallest absolute Gasteiger partial charge is 0.223 e. The monoisotopic (exact) mass is 367 g/mol. The molecule has 0 unspecified atom stereocenters. The molecule has 4 nitrogen and oxygen atoms in total. The fraction of sp³-hybridized carbons (Fsp3) is 0.381. The van der Waals surface area contributed by atoms with Crippen LogP contribution in [0.1, 0.15) is 19.3 Å². The summed E-state index contributed by atoms with van der Waals surface area (Å²) in [5, 5.41) is 6.45. The molecule has 2 N–H and O–H groups in total. The Morgan fingerprint density at radius 3 is 2.31 bits per heavy atom. The summed E-state index contributed by atoms with van der Waals surface area (Å²) >= 11 is 1.83. The molecule has 2 aromatic rings. The van der Waals surface area contributed by atoms with Gasteiger partial charge in [-0.15, -0.1) is 0 Å². The molecule has 0 spiro atoms. The maximum Gasteiger partial charge on any atom is 0.223 e. The van der Waals surface area contributed by atoms with Crippen molar-refractivity contribution in [2.45, 2.75) is 29.1 Å². The van der Waals surface area contributed by atoms with E-state index < -0.39 is 0 Å². The van der Waals surface area contributed by atoms with Crippen LogP contribution in [0.3, 0.4) is 0 Å².